The van der Waals surface area contributed by atoms with E-state index in [1.807, 2.05) is 0 Å². The van der Waals surface area contributed by atoms with Gasteiger partial charge in [-0.15, -0.1) is 0 Å². The highest BCUT2D eigenvalue weighted by atomic mass is 16.5. The van der Waals surface area contributed by atoms with E-state index in [9.17, 15) is 4.79 Å². The average molecular weight is 213 g/mol. The van der Waals surface area contributed by atoms with Crippen molar-refractivity contribution >= 4 is 5.97 Å². The van der Waals surface area contributed by atoms with E-state index in [1.165, 1.54) is 0 Å². The van der Waals surface area contributed by atoms with Gasteiger partial charge in [0.15, 0.2) is 0 Å². The molecule has 1 aliphatic heterocycles. The maximum absolute atomic E-state index is 10.5. The van der Waals surface area contributed by atoms with Gasteiger partial charge in [-0.3, -0.25) is 0 Å². The summed E-state index contributed by atoms with van der Waals surface area (Å²) < 4.78 is 5.60. The van der Waals surface area contributed by atoms with E-state index in [0.29, 0.717) is 12.1 Å². The number of ether oxygens (including phenoxy) is 1. The summed E-state index contributed by atoms with van der Waals surface area (Å²) >= 11 is 0. The van der Waals surface area contributed by atoms with Crippen LogP contribution >= 0.6 is 0 Å². The smallest absolute Gasteiger partial charge is 0.330 e. The van der Waals surface area contributed by atoms with Crippen LogP contribution < -0.4 is 5.32 Å². The molecule has 1 fully saturated rings. The zero-order chi connectivity index (χ0) is 11.3. The Morgan fingerprint density at radius 2 is 2.40 bits per heavy atom. The fourth-order valence-corrected chi connectivity index (χ4v) is 1.63. The average Bonchev–Trinajstić information content (AvgIpc) is 2.60. The fraction of sp³-hybridized carbons (Fsp3) is 0.727. The molecular formula is C11H19NO3. The quantitative estimate of drug-likeness (QED) is 0.532. The molecule has 0 radical (unpaired) electrons. The lowest BCUT2D eigenvalue weighted by molar-refractivity contribution is -0.132. The molecule has 15 heavy (non-hydrogen) atoms. The molecule has 0 bridgehead atoms. The molecule has 1 rings (SSSR count). The van der Waals surface area contributed by atoms with Crippen molar-refractivity contribution < 1.29 is 14.6 Å². The van der Waals surface area contributed by atoms with Crippen molar-refractivity contribution in [3.8, 4) is 0 Å². The summed E-state index contributed by atoms with van der Waals surface area (Å²) in [6.45, 7) is 5.87. The summed E-state index contributed by atoms with van der Waals surface area (Å²) in [5.74, 6) is -0.861. The van der Waals surface area contributed by atoms with Crippen molar-refractivity contribution in [3.63, 3.8) is 0 Å². The van der Waals surface area contributed by atoms with E-state index in [1.54, 1.807) is 13.0 Å². The molecule has 4 nitrogen and oxygen atoms in total. The fourth-order valence-electron chi connectivity index (χ4n) is 1.63. The standard InChI is InChI=1S/C11H19NO3/c1-9(10(13)14)4-6-12-8-11(2)5-3-7-15-11/h4,12H,3,5-8H2,1-2H3,(H,13,14). The Bertz CT molecular complexity index is 255. The second kappa shape index (κ2) is 5.28. The third-order valence-corrected chi connectivity index (χ3v) is 2.69. The van der Waals surface area contributed by atoms with Gasteiger partial charge in [-0.1, -0.05) is 6.08 Å². The van der Waals surface area contributed by atoms with E-state index in [4.69, 9.17) is 9.84 Å². The van der Waals surface area contributed by atoms with Crippen LogP contribution in [0, 0.1) is 0 Å². The van der Waals surface area contributed by atoms with Crippen LogP contribution in [-0.4, -0.2) is 36.4 Å². The van der Waals surface area contributed by atoms with E-state index in [-0.39, 0.29) is 5.60 Å². The molecule has 0 spiro atoms. The lowest BCUT2D eigenvalue weighted by Crippen LogP contribution is -2.37. The molecule has 0 aromatic rings. The van der Waals surface area contributed by atoms with Gasteiger partial charge in [-0.2, -0.15) is 0 Å². The van der Waals surface area contributed by atoms with Crippen molar-refractivity contribution in [2.24, 2.45) is 0 Å². The Hall–Kier alpha value is -0.870. The number of carboxylic acids is 1. The highest BCUT2D eigenvalue weighted by Gasteiger charge is 2.28. The minimum Gasteiger partial charge on any atom is -0.478 e. The normalized spacial score (nSPS) is 26.9. The van der Waals surface area contributed by atoms with E-state index in [2.05, 4.69) is 12.2 Å². The predicted molar refractivity (Wildman–Crippen MR) is 57.9 cm³/mol. The zero-order valence-corrected chi connectivity index (χ0v) is 9.38. The molecule has 86 valence electrons. The molecule has 0 aromatic heterocycles. The molecule has 0 aliphatic carbocycles. The number of nitrogens with one attached hydrogen (secondary N) is 1. The van der Waals surface area contributed by atoms with E-state index >= 15 is 0 Å². The first kappa shape index (κ1) is 12.2. The molecule has 1 aliphatic rings. The summed E-state index contributed by atoms with van der Waals surface area (Å²) in [6, 6.07) is 0. The summed E-state index contributed by atoms with van der Waals surface area (Å²) in [4.78, 5) is 10.5. The number of carboxylic acid groups (broad SMARTS) is 1. The molecule has 0 amide bonds. The molecule has 0 aromatic carbocycles. The lowest BCUT2D eigenvalue weighted by atomic mass is 10.0. The van der Waals surface area contributed by atoms with E-state index in [0.717, 1.165) is 26.0 Å². The number of aliphatic carboxylic acids is 1. The van der Waals surface area contributed by atoms with Crippen LogP contribution in [0.3, 0.4) is 0 Å². The number of hydrogen-bond acceptors (Lipinski definition) is 3. The van der Waals surface area contributed by atoms with Crippen molar-refractivity contribution in [2.75, 3.05) is 19.7 Å². The molecule has 4 heteroatoms. The number of carbonyl (C=O) groups is 1. The van der Waals surface area contributed by atoms with Gasteiger partial charge in [0.1, 0.15) is 0 Å². The Kier molecular flexibility index (Phi) is 4.29. The summed E-state index contributed by atoms with van der Waals surface area (Å²) in [5, 5.41) is 11.8. The lowest BCUT2D eigenvalue weighted by Gasteiger charge is -2.23. The second-order valence-electron chi connectivity index (χ2n) is 4.23. The summed E-state index contributed by atoms with van der Waals surface area (Å²) in [7, 11) is 0. The van der Waals surface area contributed by atoms with Crippen LogP contribution in [0.4, 0.5) is 0 Å². The Balaban J connectivity index is 2.21. The summed E-state index contributed by atoms with van der Waals surface area (Å²) in [5.41, 5.74) is 0.310. The highest BCUT2D eigenvalue weighted by molar-refractivity contribution is 5.85. The zero-order valence-electron chi connectivity index (χ0n) is 9.38. The Morgan fingerprint density at radius 3 is 2.93 bits per heavy atom. The van der Waals surface area contributed by atoms with Gasteiger partial charge in [0.25, 0.3) is 0 Å². The summed E-state index contributed by atoms with van der Waals surface area (Å²) in [6.07, 6.45) is 3.87. The largest absolute Gasteiger partial charge is 0.478 e. The first-order valence-corrected chi connectivity index (χ1v) is 5.28. The van der Waals surface area contributed by atoms with Crippen LogP contribution in [0.1, 0.15) is 26.7 Å². The maximum atomic E-state index is 10.5. The molecule has 1 heterocycles. The minimum atomic E-state index is -0.861. The molecule has 1 atom stereocenters. The van der Waals surface area contributed by atoms with Crippen molar-refractivity contribution in [3.05, 3.63) is 11.6 Å². The Morgan fingerprint density at radius 1 is 1.67 bits per heavy atom. The molecule has 2 N–H and O–H groups in total. The molecule has 0 saturated carbocycles. The first-order valence-electron chi connectivity index (χ1n) is 5.28. The van der Waals surface area contributed by atoms with Crippen LogP contribution in [0.2, 0.25) is 0 Å². The van der Waals surface area contributed by atoms with Gasteiger partial charge in [0.2, 0.25) is 0 Å². The monoisotopic (exact) mass is 213 g/mol. The molecule has 1 saturated heterocycles. The third kappa shape index (κ3) is 4.01. The van der Waals surface area contributed by atoms with Gasteiger partial charge in [-0.05, 0) is 26.7 Å². The number of rotatable bonds is 5. The highest BCUT2D eigenvalue weighted by Crippen LogP contribution is 2.23. The van der Waals surface area contributed by atoms with Crippen LogP contribution in [0.25, 0.3) is 0 Å². The molecular weight excluding hydrogens is 194 g/mol. The van der Waals surface area contributed by atoms with Gasteiger partial charge >= 0.3 is 5.97 Å². The third-order valence-electron chi connectivity index (χ3n) is 2.69. The van der Waals surface area contributed by atoms with Gasteiger partial charge in [0, 0.05) is 25.3 Å². The van der Waals surface area contributed by atoms with Gasteiger partial charge < -0.3 is 15.2 Å². The topological polar surface area (TPSA) is 58.6 Å². The van der Waals surface area contributed by atoms with Crippen molar-refractivity contribution in [2.45, 2.75) is 32.3 Å². The second-order valence-corrected chi connectivity index (χ2v) is 4.23. The van der Waals surface area contributed by atoms with Crippen LogP contribution in [0.5, 0.6) is 0 Å². The van der Waals surface area contributed by atoms with Gasteiger partial charge in [-0.25, -0.2) is 4.79 Å². The van der Waals surface area contributed by atoms with Crippen molar-refractivity contribution in [1.82, 2.24) is 5.32 Å². The van der Waals surface area contributed by atoms with Crippen LogP contribution in [0.15, 0.2) is 11.6 Å². The maximum Gasteiger partial charge on any atom is 0.330 e. The minimum absolute atomic E-state index is 0.0645. The Labute approximate surface area is 90.3 Å². The predicted octanol–water partition coefficient (Wildman–Crippen LogP) is 1.18. The SMILES string of the molecule is CC(=CCNCC1(C)CCCO1)C(=O)O. The van der Waals surface area contributed by atoms with Crippen LogP contribution in [-0.2, 0) is 9.53 Å². The van der Waals surface area contributed by atoms with E-state index < -0.39 is 5.97 Å². The number of hydrogen-bond donors (Lipinski definition) is 2. The van der Waals surface area contributed by atoms with Gasteiger partial charge in [0.05, 0.1) is 5.60 Å². The first-order chi connectivity index (χ1) is 7.03. The van der Waals surface area contributed by atoms with Crippen molar-refractivity contribution in [1.29, 1.82) is 0 Å². The molecule has 1 unspecified atom stereocenters.